The van der Waals surface area contributed by atoms with Crippen LogP contribution in [0.5, 0.6) is 0 Å². The van der Waals surface area contributed by atoms with Crippen molar-refractivity contribution in [1.29, 1.82) is 0 Å². The van der Waals surface area contributed by atoms with Gasteiger partial charge in [-0.3, -0.25) is 0 Å². The van der Waals surface area contributed by atoms with E-state index in [1.165, 1.54) is 49.7 Å². The lowest BCUT2D eigenvalue weighted by molar-refractivity contribution is 0.0547. The number of fused-ring (bicyclic) bond motifs is 2. The number of aliphatic hydroxyl groups is 1. The molecule has 1 heteroatoms. The molecule has 1 N–H and O–H groups in total. The summed E-state index contributed by atoms with van der Waals surface area (Å²) in [6.45, 7) is 0. The van der Waals surface area contributed by atoms with Gasteiger partial charge in [-0.15, -0.1) is 0 Å². The number of benzene rings is 1. The lowest BCUT2D eigenvalue weighted by atomic mass is 9.72. The van der Waals surface area contributed by atoms with Gasteiger partial charge in [-0.2, -0.15) is 0 Å². The second kappa shape index (κ2) is 4.21. The Morgan fingerprint density at radius 2 is 1.81 bits per heavy atom. The van der Waals surface area contributed by atoms with Gasteiger partial charge in [0.2, 0.25) is 0 Å². The van der Waals surface area contributed by atoms with Crippen LogP contribution in [-0.2, 0) is 6.42 Å². The van der Waals surface area contributed by atoms with Crippen molar-refractivity contribution in [1.82, 2.24) is 0 Å². The van der Waals surface area contributed by atoms with Gasteiger partial charge in [-0.25, -0.2) is 0 Å². The summed E-state index contributed by atoms with van der Waals surface area (Å²) in [7, 11) is 0. The zero-order valence-corrected chi connectivity index (χ0v) is 9.73. The van der Waals surface area contributed by atoms with E-state index in [9.17, 15) is 5.11 Å². The average molecular weight is 216 g/mol. The van der Waals surface area contributed by atoms with Crippen LogP contribution in [0.25, 0.3) is 0 Å². The highest BCUT2D eigenvalue weighted by atomic mass is 16.3. The van der Waals surface area contributed by atoms with E-state index in [0.29, 0.717) is 5.92 Å². The summed E-state index contributed by atoms with van der Waals surface area (Å²) in [4.78, 5) is 0. The highest BCUT2D eigenvalue weighted by Crippen LogP contribution is 2.44. The smallest absolute Gasteiger partial charge is 0.0823 e. The topological polar surface area (TPSA) is 20.2 Å². The Bertz CT molecular complexity index is 371. The standard InChI is InChI=1S/C15H20O/c16-15-13-8-3-1-2-6-11(13)10-12-7-4-5-9-14(12)15/h4-5,7,9,11,13,15-16H,1-3,6,8,10H2/t11-,13+,15?/m1/s1. The van der Waals surface area contributed by atoms with Gasteiger partial charge >= 0.3 is 0 Å². The molecule has 86 valence electrons. The molecular weight excluding hydrogens is 196 g/mol. The molecule has 2 aliphatic carbocycles. The summed E-state index contributed by atoms with van der Waals surface area (Å²) in [5.74, 6) is 1.25. The van der Waals surface area contributed by atoms with Crippen LogP contribution in [0.1, 0.15) is 49.3 Å². The fraction of sp³-hybridized carbons (Fsp3) is 0.600. The predicted molar refractivity (Wildman–Crippen MR) is 65.2 cm³/mol. The molecule has 1 aromatic rings. The first kappa shape index (κ1) is 10.3. The van der Waals surface area contributed by atoms with E-state index < -0.39 is 0 Å². The van der Waals surface area contributed by atoms with E-state index in [2.05, 4.69) is 24.3 Å². The minimum atomic E-state index is -0.201. The van der Waals surface area contributed by atoms with E-state index in [4.69, 9.17) is 0 Å². The highest BCUT2D eigenvalue weighted by molar-refractivity contribution is 5.32. The van der Waals surface area contributed by atoms with Gasteiger partial charge in [-0.1, -0.05) is 43.5 Å². The van der Waals surface area contributed by atoms with Gasteiger partial charge in [0, 0.05) is 0 Å². The fourth-order valence-corrected chi connectivity index (χ4v) is 3.60. The van der Waals surface area contributed by atoms with Crippen molar-refractivity contribution >= 4 is 0 Å². The molecule has 0 heterocycles. The van der Waals surface area contributed by atoms with Crippen molar-refractivity contribution < 1.29 is 5.11 Å². The number of hydrogen-bond acceptors (Lipinski definition) is 1. The zero-order chi connectivity index (χ0) is 11.0. The van der Waals surface area contributed by atoms with Crippen LogP contribution in [0.15, 0.2) is 24.3 Å². The first-order valence-corrected chi connectivity index (χ1v) is 6.62. The van der Waals surface area contributed by atoms with Crippen molar-refractivity contribution in [3.63, 3.8) is 0 Å². The molecule has 1 aromatic carbocycles. The minimum Gasteiger partial charge on any atom is -0.388 e. The van der Waals surface area contributed by atoms with Gasteiger partial charge in [0.15, 0.2) is 0 Å². The third-order valence-electron chi connectivity index (χ3n) is 4.48. The van der Waals surface area contributed by atoms with Crippen LogP contribution in [0.3, 0.4) is 0 Å². The molecular formula is C15H20O. The van der Waals surface area contributed by atoms with Crippen molar-refractivity contribution in [3.05, 3.63) is 35.4 Å². The molecule has 0 aliphatic heterocycles. The second-order valence-electron chi connectivity index (χ2n) is 5.41. The predicted octanol–water partition coefficient (Wildman–Crippen LogP) is 3.47. The molecule has 2 aliphatic rings. The molecule has 1 saturated carbocycles. The lowest BCUT2D eigenvalue weighted by Crippen LogP contribution is -2.28. The fourth-order valence-electron chi connectivity index (χ4n) is 3.60. The maximum atomic E-state index is 10.5. The number of rotatable bonds is 0. The van der Waals surface area contributed by atoms with E-state index in [1.807, 2.05) is 0 Å². The summed E-state index contributed by atoms with van der Waals surface area (Å²) in [5.41, 5.74) is 2.59. The van der Waals surface area contributed by atoms with Gasteiger partial charge in [0.05, 0.1) is 6.10 Å². The summed E-state index contributed by atoms with van der Waals surface area (Å²) in [5, 5.41) is 10.5. The summed E-state index contributed by atoms with van der Waals surface area (Å²) in [6.07, 6.45) is 7.55. The molecule has 0 bridgehead atoms. The van der Waals surface area contributed by atoms with Crippen molar-refractivity contribution in [2.24, 2.45) is 11.8 Å². The Morgan fingerprint density at radius 3 is 2.75 bits per heavy atom. The minimum absolute atomic E-state index is 0.201. The van der Waals surface area contributed by atoms with Crippen molar-refractivity contribution in [3.8, 4) is 0 Å². The average Bonchev–Trinajstić information content (AvgIpc) is 2.55. The lowest BCUT2D eigenvalue weighted by Gasteiger charge is -2.36. The summed E-state index contributed by atoms with van der Waals surface area (Å²) >= 11 is 0. The van der Waals surface area contributed by atoms with Crippen LogP contribution >= 0.6 is 0 Å². The van der Waals surface area contributed by atoms with E-state index in [0.717, 1.165) is 5.92 Å². The molecule has 16 heavy (non-hydrogen) atoms. The molecule has 0 amide bonds. The van der Waals surface area contributed by atoms with Crippen LogP contribution in [0, 0.1) is 11.8 Å². The summed E-state index contributed by atoms with van der Waals surface area (Å²) in [6, 6.07) is 8.46. The van der Waals surface area contributed by atoms with Crippen LogP contribution in [-0.4, -0.2) is 5.11 Å². The SMILES string of the molecule is OC1c2ccccc2C[C@H]2CCCCC[C@H]12. The first-order valence-electron chi connectivity index (χ1n) is 6.62. The Morgan fingerprint density at radius 1 is 1.00 bits per heavy atom. The van der Waals surface area contributed by atoms with Crippen molar-refractivity contribution in [2.45, 2.75) is 44.6 Å². The Kier molecular flexibility index (Phi) is 2.72. The quantitative estimate of drug-likeness (QED) is 0.704. The van der Waals surface area contributed by atoms with Gasteiger partial charge in [0.1, 0.15) is 0 Å². The molecule has 0 saturated heterocycles. The van der Waals surface area contributed by atoms with E-state index >= 15 is 0 Å². The second-order valence-corrected chi connectivity index (χ2v) is 5.41. The normalized spacial score (nSPS) is 33.7. The molecule has 1 fully saturated rings. The molecule has 0 radical (unpaired) electrons. The molecule has 3 atom stereocenters. The van der Waals surface area contributed by atoms with Crippen LogP contribution in [0.2, 0.25) is 0 Å². The monoisotopic (exact) mass is 216 g/mol. The van der Waals surface area contributed by atoms with Gasteiger partial charge < -0.3 is 5.11 Å². The maximum Gasteiger partial charge on any atom is 0.0823 e. The first-order chi connectivity index (χ1) is 7.86. The molecule has 1 nitrogen and oxygen atoms in total. The third-order valence-corrected chi connectivity index (χ3v) is 4.48. The zero-order valence-electron chi connectivity index (χ0n) is 9.73. The molecule has 3 rings (SSSR count). The van der Waals surface area contributed by atoms with Crippen molar-refractivity contribution in [2.75, 3.05) is 0 Å². The largest absolute Gasteiger partial charge is 0.388 e. The van der Waals surface area contributed by atoms with Crippen LogP contribution < -0.4 is 0 Å². The van der Waals surface area contributed by atoms with Gasteiger partial charge in [-0.05, 0) is 42.2 Å². The third kappa shape index (κ3) is 1.67. The maximum absolute atomic E-state index is 10.5. The molecule has 0 spiro atoms. The molecule has 0 aromatic heterocycles. The van der Waals surface area contributed by atoms with Crippen LogP contribution in [0.4, 0.5) is 0 Å². The molecule has 1 unspecified atom stereocenters. The number of aliphatic hydroxyl groups excluding tert-OH is 1. The van der Waals surface area contributed by atoms with E-state index in [1.54, 1.807) is 0 Å². The number of hydrogen-bond donors (Lipinski definition) is 1. The Labute approximate surface area is 97.5 Å². The van der Waals surface area contributed by atoms with E-state index in [-0.39, 0.29) is 6.10 Å². The Hall–Kier alpha value is -0.820. The highest BCUT2D eigenvalue weighted by Gasteiger charge is 2.35. The van der Waals surface area contributed by atoms with Gasteiger partial charge in [0.25, 0.3) is 0 Å². The summed E-state index contributed by atoms with van der Waals surface area (Å²) < 4.78 is 0. The Balaban J connectivity index is 1.95.